The zero-order valence-corrected chi connectivity index (χ0v) is 10.7. The first-order valence-corrected chi connectivity index (χ1v) is 6.65. The van der Waals surface area contributed by atoms with Gasteiger partial charge >= 0.3 is 5.51 Å². The van der Waals surface area contributed by atoms with E-state index in [1.54, 1.807) is 0 Å². The number of thioether (sulfide) groups is 1. The number of ether oxygens (including phenoxy) is 1. The SMILES string of the molecule is NCC1(C(=O)NCCSC(F)(F)F)CCOCC1. The molecular weight excluding hydrogens is 269 g/mol. The number of halogens is 3. The monoisotopic (exact) mass is 286 g/mol. The average Bonchev–Trinajstić information content (AvgIpc) is 2.34. The molecule has 0 aromatic heterocycles. The highest BCUT2D eigenvalue weighted by molar-refractivity contribution is 8.00. The molecule has 0 bridgehead atoms. The molecule has 3 N–H and O–H groups in total. The number of carbonyl (C=O) groups excluding carboxylic acids is 1. The molecule has 4 nitrogen and oxygen atoms in total. The Morgan fingerprint density at radius 1 is 1.39 bits per heavy atom. The van der Waals surface area contributed by atoms with Crippen molar-refractivity contribution in [3.8, 4) is 0 Å². The van der Waals surface area contributed by atoms with E-state index in [1.165, 1.54) is 0 Å². The molecule has 1 fully saturated rings. The van der Waals surface area contributed by atoms with Crippen LogP contribution in [0.5, 0.6) is 0 Å². The number of carbonyl (C=O) groups is 1. The van der Waals surface area contributed by atoms with E-state index in [4.69, 9.17) is 10.5 Å². The van der Waals surface area contributed by atoms with Gasteiger partial charge in [-0.25, -0.2) is 0 Å². The smallest absolute Gasteiger partial charge is 0.381 e. The molecule has 0 saturated carbocycles. The van der Waals surface area contributed by atoms with Gasteiger partial charge in [0, 0.05) is 32.1 Å². The van der Waals surface area contributed by atoms with Gasteiger partial charge in [-0.15, -0.1) is 0 Å². The summed E-state index contributed by atoms with van der Waals surface area (Å²) in [4.78, 5) is 11.9. The fraction of sp³-hybridized carbons (Fsp3) is 0.900. The van der Waals surface area contributed by atoms with E-state index < -0.39 is 10.9 Å². The summed E-state index contributed by atoms with van der Waals surface area (Å²) in [6.07, 6.45) is 1.03. The Balaban J connectivity index is 2.34. The molecule has 8 heteroatoms. The molecule has 0 aromatic carbocycles. The van der Waals surface area contributed by atoms with Gasteiger partial charge in [-0.1, -0.05) is 0 Å². The molecular formula is C10H17F3N2O2S. The van der Waals surface area contributed by atoms with Crippen molar-refractivity contribution in [3.63, 3.8) is 0 Å². The van der Waals surface area contributed by atoms with Crippen LogP contribution in [-0.4, -0.2) is 43.5 Å². The number of amides is 1. The van der Waals surface area contributed by atoms with Gasteiger partial charge in [0.05, 0.1) is 5.41 Å². The summed E-state index contributed by atoms with van der Waals surface area (Å²) in [6.45, 7) is 1.10. The highest BCUT2D eigenvalue weighted by Crippen LogP contribution is 2.31. The largest absolute Gasteiger partial charge is 0.441 e. The zero-order valence-electron chi connectivity index (χ0n) is 9.89. The van der Waals surface area contributed by atoms with Crippen molar-refractivity contribution >= 4 is 17.7 Å². The second kappa shape index (κ2) is 6.63. The van der Waals surface area contributed by atoms with Gasteiger partial charge in [-0.05, 0) is 24.6 Å². The summed E-state index contributed by atoms with van der Waals surface area (Å²) in [5.74, 6) is -0.456. The molecule has 0 aliphatic carbocycles. The Kier molecular flexibility index (Phi) is 5.74. The van der Waals surface area contributed by atoms with Crippen LogP contribution < -0.4 is 11.1 Å². The zero-order chi connectivity index (χ0) is 13.6. The summed E-state index contributed by atoms with van der Waals surface area (Å²) >= 11 is -0.142. The average molecular weight is 286 g/mol. The Morgan fingerprint density at radius 2 is 2.00 bits per heavy atom. The van der Waals surface area contributed by atoms with Gasteiger partial charge in [0.2, 0.25) is 5.91 Å². The molecule has 1 rings (SSSR count). The van der Waals surface area contributed by atoms with Crippen molar-refractivity contribution in [1.29, 1.82) is 0 Å². The van der Waals surface area contributed by atoms with Crippen LogP contribution in [0.3, 0.4) is 0 Å². The highest BCUT2D eigenvalue weighted by atomic mass is 32.2. The maximum Gasteiger partial charge on any atom is 0.441 e. The Morgan fingerprint density at radius 3 is 2.50 bits per heavy atom. The van der Waals surface area contributed by atoms with E-state index in [9.17, 15) is 18.0 Å². The van der Waals surface area contributed by atoms with E-state index in [1.807, 2.05) is 0 Å². The van der Waals surface area contributed by atoms with Gasteiger partial charge in [-0.2, -0.15) is 13.2 Å². The number of hydrogen-bond donors (Lipinski definition) is 2. The third-order valence-corrected chi connectivity index (χ3v) is 3.71. The third-order valence-electron chi connectivity index (χ3n) is 2.98. The van der Waals surface area contributed by atoms with Crippen LogP contribution in [0.15, 0.2) is 0 Å². The van der Waals surface area contributed by atoms with Gasteiger partial charge < -0.3 is 15.8 Å². The highest BCUT2D eigenvalue weighted by Gasteiger charge is 2.38. The summed E-state index contributed by atoms with van der Waals surface area (Å²) in [5.41, 5.74) is 0.677. The Hall–Kier alpha value is -0.470. The van der Waals surface area contributed by atoms with Gasteiger partial charge in [0.15, 0.2) is 0 Å². The van der Waals surface area contributed by atoms with Crippen molar-refractivity contribution in [2.75, 3.05) is 32.1 Å². The number of nitrogens with one attached hydrogen (secondary N) is 1. The number of alkyl halides is 3. The number of nitrogens with two attached hydrogens (primary N) is 1. The number of rotatable bonds is 5. The summed E-state index contributed by atoms with van der Waals surface area (Å²) < 4.78 is 40.8. The van der Waals surface area contributed by atoms with E-state index in [0.29, 0.717) is 26.1 Å². The van der Waals surface area contributed by atoms with Crippen molar-refractivity contribution in [2.45, 2.75) is 18.3 Å². The molecule has 1 saturated heterocycles. The van der Waals surface area contributed by atoms with Crippen molar-refractivity contribution in [2.24, 2.45) is 11.1 Å². The Labute approximate surface area is 108 Å². The van der Waals surface area contributed by atoms with Gasteiger partial charge in [0.1, 0.15) is 0 Å². The molecule has 1 amide bonds. The normalized spacial score (nSPS) is 19.6. The van der Waals surface area contributed by atoms with E-state index in [-0.39, 0.29) is 36.5 Å². The lowest BCUT2D eigenvalue weighted by molar-refractivity contribution is -0.135. The summed E-state index contributed by atoms with van der Waals surface area (Å²) in [6, 6.07) is 0. The van der Waals surface area contributed by atoms with Crippen molar-refractivity contribution in [1.82, 2.24) is 5.32 Å². The van der Waals surface area contributed by atoms with Crippen LogP contribution in [0.25, 0.3) is 0 Å². The number of hydrogen-bond acceptors (Lipinski definition) is 4. The molecule has 0 radical (unpaired) electrons. The molecule has 0 spiro atoms. The lowest BCUT2D eigenvalue weighted by Gasteiger charge is -2.34. The minimum Gasteiger partial charge on any atom is -0.381 e. The molecule has 106 valence electrons. The van der Waals surface area contributed by atoms with Crippen LogP contribution in [-0.2, 0) is 9.53 Å². The molecule has 1 aliphatic rings. The molecule has 0 atom stereocenters. The van der Waals surface area contributed by atoms with Crippen molar-refractivity contribution < 1.29 is 22.7 Å². The third kappa shape index (κ3) is 4.66. The van der Waals surface area contributed by atoms with E-state index >= 15 is 0 Å². The predicted molar refractivity (Wildman–Crippen MR) is 63.1 cm³/mol. The van der Waals surface area contributed by atoms with Gasteiger partial charge in [-0.3, -0.25) is 4.79 Å². The lowest BCUT2D eigenvalue weighted by atomic mass is 9.79. The quantitative estimate of drug-likeness (QED) is 0.743. The minimum atomic E-state index is -4.25. The fourth-order valence-electron chi connectivity index (χ4n) is 1.80. The Bertz CT molecular complexity index is 281. The van der Waals surface area contributed by atoms with Crippen LogP contribution >= 0.6 is 11.8 Å². The first-order chi connectivity index (χ1) is 8.40. The van der Waals surface area contributed by atoms with Crippen LogP contribution in [0.4, 0.5) is 13.2 Å². The first-order valence-electron chi connectivity index (χ1n) is 5.66. The van der Waals surface area contributed by atoms with E-state index in [2.05, 4.69) is 5.32 Å². The van der Waals surface area contributed by atoms with Crippen LogP contribution in [0, 0.1) is 5.41 Å². The standard InChI is InChI=1S/C10H17F3N2O2S/c11-10(12,13)18-6-3-15-8(16)9(7-14)1-4-17-5-2-9/h1-7,14H2,(H,15,16). The molecule has 1 heterocycles. The first kappa shape index (κ1) is 15.6. The fourth-order valence-corrected chi connectivity index (χ4v) is 2.24. The second-order valence-corrected chi connectivity index (χ2v) is 5.31. The van der Waals surface area contributed by atoms with Crippen LogP contribution in [0.2, 0.25) is 0 Å². The molecule has 18 heavy (non-hydrogen) atoms. The molecule has 0 unspecified atom stereocenters. The van der Waals surface area contributed by atoms with E-state index in [0.717, 1.165) is 0 Å². The van der Waals surface area contributed by atoms with Crippen molar-refractivity contribution in [3.05, 3.63) is 0 Å². The second-order valence-electron chi connectivity index (χ2n) is 4.15. The molecule has 0 aromatic rings. The van der Waals surface area contributed by atoms with Gasteiger partial charge in [0.25, 0.3) is 0 Å². The maximum atomic E-state index is 11.9. The predicted octanol–water partition coefficient (Wildman–Crippen LogP) is 1.11. The van der Waals surface area contributed by atoms with Crippen LogP contribution in [0.1, 0.15) is 12.8 Å². The summed E-state index contributed by atoms with van der Waals surface area (Å²) in [7, 11) is 0. The topological polar surface area (TPSA) is 64.4 Å². The molecule has 1 aliphatic heterocycles. The lowest BCUT2D eigenvalue weighted by Crippen LogP contribution is -2.49. The summed E-state index contributed by atoms with van der Waals surface area (Å²) in [5, 5.41) is 2.52. The minimum absolute atomic E-state index is 0.00832. The maximum absolute atomic E-state index is 11.9.